The summed E-state index contributed by atoms with van der Waals surface area (Å²) in [7, 11) is 1.21. The van der Waals surface area contributed by atoms with Crippen molar-refractivity contribution in [3.8, 4) is 17.2 Å². The number of carbonyl (C=O) groups is 3. The van der Waals surface area contributed by atoms with Crippen molar-refractivity contribution < 1.29 is 49.8 Å². The zero-order chi connectivity index (χ0) is 47.2. The van der Waals surface area contributed by atoms with Crippen LogP contribution in [0, 0.1) is 0 Å². The number of hydrogen-bond acceptors (Lipinski definition) is 11. The molecule has 0 spiro atoms. The van der Waals surface area contributed by atoms with Crippen LogP contribution >= 0.6 is 0 Å². The number of aliphatic hydroxyl groups excluding tert-OH is 1. The summed E-state index contributed by atoms with van der Waals surface area (Å²) in [5, 5.41) is 57.8. The number of esters is 1. The predicted molar refractivity (Wildman–Crippen MR) is 246 cm³/mol. The third kappa shape index (κ3) is 12.7. The number of aliphatic hydroxyl groups is 1. The number of methoxy groups -OCH3 is 1. The molecule has 65 heavy (non-hydrogen) atoms. The molecule has 0 aliphatic rings. The monoisotopic (exact) mass is 889 g/mol. The van der Waals surface area contributed by atoms with Crippen LogP contribution < -0.4 is 16.3 Å². The maximum Gasteiger partial charge on any atom is 0.354 e. The van der Waals surface area contributed by atoms with Crippen LogP contribution in [-0.2, 0) is 30.4 Å². The summed E-state index contributed by atoms with van der Waals surface area (Å²) >= 11 is 0. The molecule has 4 aromatic carbocycles. The highest BCUT2D eigenvalue weighted by molar-refractivity contribution is 5.94. The van der Waals surface area contributed by atoms with Crippen molar-refractivity contribution in [2.75, 3.05) is 13.7 Å². The Morgan fingerprint density at radius 1 is 0.508 bits per heavy atom. The number of phenols is 3. The van der Waals surface area contributed by atoms with Gasteiger partial charge >= 0.3 is 17.9 Å². The number of H-pyrrole nitrogens is 3. The summed E-state index contributed by atoms with van der Waals surface area (Å²) in [6.45, 7) is 2.20. The second-order valence-corrected chi connectivity index (χ2v) is 15.3. The van der Waals surface area contributed by atoms with E-state index in [4.69, 9.17) is 15.3 Å². The Morgan fingerprint density at radius 2 is 0.908 bits per heavy atom. The van der Waals surface area contributed by atoms with Gasteiger partial charge in [-0.25, -0.2) is 14.4 Å². The van der Waals surface area contributed by atoms with Crippen LogP contribution in [0.4, 0.5) is 0 Å². The molecule has 0 saturated carbocycles. The van der Waals surface area contributed by atoms with E-state index in [9.17, 15) is 44.1 Å². The fourth-order valence-corrected chi connectivity index (χ4v) is 7.20. The number of aromatic amines is 3. The standard InChI is InChI=1S/C18H15NO4.C17H21NO4.C14H15NO5/c20-15-10-14(18(22)23)19-17-13(15)8-12(9-16(17)21)7-6-11-4-2-1-3-5-11;1-2-3-4-5-6-7-11-8-12-14(19)10-13(17(21)22)18-16(12)15(20)9-11;1-20-14(19)10-7-11(17)9-5-8(3-2-4-16)6-12(18)13(9)15-10/h1-5,8-10,21H,6-7H2,(H,19,20)(H,22,23);8-10,20H,2-7H2,1H3,(H,18,19)(H,21,22);5-7,16,18H,2-4H2,1H3,(H,15,17). The molecule has 7 rings (SSSR count). The van der Waals surface area contributed by atoms with Gasteiger partial charge in [0.1, 0.15) is 34.3 Å². The van der Waals surface area contributed by atoms with Crippen molar-refractivity contribution in [1.82, 2.24) is 15.0 Å². The SMILES string of the molecule is CCCCCCCc1cc(O)c2[nH]c(C(=O)O)cc(=O)c2c1.COC(=O)c1cc(=O)c2cc(CCCO)cc(O)c2[nH]1.O=C(O)c1cc(=O)c2cc(CCc3ccccc3)cc(O)c2[nH]1. The first-order valence-electron chi connectivity index (χ1n) is 21.0. The molecule has 16 heteroatoms. The van der Waals surface area contributed by atoms with Crippen molar-refractivity contribution in [2.24, 2.45) is 0 Å². The van der Waals surface area contributed by atoms with Crippen LogP contribution in [0.2, 0.25) is 0 Å². The molecule has 9 N–H and O–H groups in total. The average molecular weight is 890 g/mol. The Bertz CT molecular complexity index is 3010. The summed E-state index contributed by atoms with van der Waals surface area (Å²) in [4.78, 5) is 77.4. The number of phenolic OH excluding ortho intramolecular Hbond substituents is 3. The van der Waals surface area contributed by atoms with Crippen LogP contribution in [0.5, 0.6) is 17.2 Å². The highest BCUT2D eigenvalue weighted by Crippen LogP contribution is 2.27. The van der Waals surface area contributed by atoms with Crippen LogP contribution in [0.3, 0.4) is 0 Å². The molecule has 0 aliphatic carbocycles. The number of hydrogen-bond donors (Lipinski definition) is 9. The van der Waals surface area contributed by atoms with Crippen LogP contribution in [-0.4, -0.2) is 77.2 Å². The van der Waals surface area contributed by atoms with Gasteiger partial charge in [0.15, 0.2) is 16.3 Å². The van der Waals surface area contributed by atoms with E-state index in [0.717, 1.165) is 60.6 Å². The summed E-state index contributed by atoms with van der Waals surface area (Å²) in [5.41, 5.74) is 2.51. The molecule has 0 amide bonds. The van der Waals surface area contributed by atoms with Crippen molar-refractivity contribution in [3.63, 3.8) is 0 Å². The number of aromatic carboxylic acids is 2. The van der Waals surface area contributed by atoms with Crippen LogP contribution in [0.15, 0.2) is 99.3 Å². The molecule has 0 bridgehead atoms. The van der Waals surface area contributed by atoms with Gasteiger partial charge in [0.2, 0.25) is 0 Å². The Morgan fingerprint density at radius 3 is 1.34 bits per heavy atom. The van der Waals surface area contributed by atoms with Gasteiger partial charge in [-0.15, -0.1) is 0 Å². The number of unbranched alkanes of at least 4 members (excludes halogenated alkanes) is 4. The summed E-state index contributed by atoms with van der Waals surface area (Å²) in [6.07, 6.45) is 9.10. The summed E-state index contributed by atoms with van der Waals surface area (Å²) in [6, 6.07) is 22.9. The van der Waals surface area contributed by atoms with Gasteiger partial charge in [0.05, 0.1) is 23.7 Å². The van der Waals surface area contributed by atoms with E-state index < -0.39 is 28.8 Å². The number of aromatic hydroxyl groups is 3. The topological polar surface area (TPSA) is 280 Å². The number of benzene rings is 4. The molecule has 0 radical (unpaired) electrons. The molecule has 7 aromatic rings. The Balaban J connectivity index is 0.000000184. The molecule has 3 aromatic heterocycles. The van der Waals surface area contributed by atoms with Gasteiger partial charge in [0, 0.05) is 41.0 Å². The maximum absolute atomic E-state index is 12.1. The van der Waals surface area contributed by atoms with E-state index in [2.05, 4.69) is 26.6 Å². The molecule has 0 aliphatic heterocycles. The lowest BCUT2D eigenvalue weighted by Crippen LogP contribution is -2.11. The number of carbonyl (C=O) groups excluding carboxylic acids is 1. The van der Waals surface area contributed by atoms with Crippen molar-refractivity contribution in [3.05, 3.63) is 155 Å². The first-order valence-corrected chi connectivity index (χ1v) is 21.0. The average Bonchev–Trinajstić information content (AvgIpc) is 3.28. The first-order chi connectivity index (χ1) is 31.1. The van der Waals surface area contributed by atoms with Gasteiger partial charge in [-0.05, 0) is 97.2 Å². The molecule has 340 valence electrons. The lowest BCUT2D eigenvalue weighted by molar-refractivity contribution is 0.0592. The minimum absolute atomic E-state index is 0.0107. The number of nitrogens with one attached hydrogen (secondary N) is 3. The number of rotatable bonds is 15. The van der Waals surface area contributed by atoms with E-state index >= 15 is 0 Å². The van der Waals surface area contributed by atoms with Crippen LogP contribution in [0.1, 0.15) is 99.2 Å². The number of aromatic nitrogens is 3. The minimum Gasteiger partial charge on any atom is -0.506 e. The molecular weight excluding hydrogens is 839 g/mol. The van der Waals surface area contributed by atoms with Crippen molar-refractivity contribution in [1.29, 1.82) is 0 Å². The van der Waals surface area contributed by atoms with Gasteiger partial charge in [-0.1, -0.05) is 62.9 Å². The predicted octanol–water partition coefficient (Wildman–Crippen LogP) is 7.11. The highest BCUT2D eigenvalue weighted by Gasteiger charge is 2.15. The van der Waals surface area contributed by atoms with Gasteiger partial charge in [-0.3, -0.25) is 14.4 Å². The third-order valence-electron chi connectivity index (χ3n) is 10.5. The normalized spacial score (nSPS) is 10.8. The van der Waals surface area contributed by atoms with Crippen molar-refractivity contribution in [2.45, 2.75) is 71.1 Å². The molecule has 0 fully saturated rings. The summed E-state index contributed by atoms with van der Waals surface area (Å²) < 4.78 is 4.54. The second-order valence-electron chi connectivity index (χ2n) is 15.3. The number of fused-ring (bicyclic) bond motifs is 3. The van der Waals surface area contributed by atoms with E-state index in [1.165, 1.54) is 38.0 Å². The van der Waals surface area contributed by atoms with Gasteiger partial charge in [-0.2, -0.15) is 0 Å². The van der Waals surface area contributed by atoms with E-state index in [1.807, 2.05) is 30.3 Å². The zero-order valence-corrected chi connectivity index (χ0v) is 35.9. The molecular formula is C49H51N3O13. The lowest BCUT2D eigenvalue weighted by Gasteiger charge is -2.07. The molecule has 0 saturated heterocycles. The smallest absolute Gasteiger partial charge is 0.354 e. The number of aryl methyl sites for hydroxylation is 4. The summed E-state index contributed by atoms with van der Waals surface area (Å²) in [5.74, 6) is -3.45. The third-order valence-corrected chi connectivity index (χ3v) is 10.5. The van der Waals surface area contributed by atoms with Crippen molar-refractivity contribution >= 4 is 50.6 Å². The van der Waals surface area contributed by atoms with E-state index in [0.29, 0.717) is 30.0 Å². The fraction of sp³-hybridized carbons (Fsp3) is 0.265. The minimum atomic E-state index is -1.24. The zero-order valence-electron chi connectivity index (χ0n) is 35.9. The highest BCUT2D eigenvalue weighted by atomic mass is 16.5. The number of ether oxygens (including phenoxy) is 1. The van der Waals surface area contributed by atoms with Gasteiger partial charge < -0.3 is 50.3 Å². The van der Waals surface area contributed by atoms with Gasteiger partial charge in [0.25, 0.3) is 0 Å². The quantitative estimate of drug-likeness (QED) is 0.0367. The largest absolute Gasteiger partial charge is 0.506 e. The van der Waals surface area contributed by atoms with E-state index in [1.54, 1.807) is 30.3 Å². The molecule has 16 nitrogen and oxygen atoms in total. The molecule has 0 unspecified atom stereocenters. The Hall–Kier alpha value is -7.72. The number of carboxylic acid groups (broad SMARTS) is 2. The number of pyridine rings is 3. The van der Waals surface area contributed by atoms with E-state index in [-0.39, 0.29) is 68.3 Å². The molecule has 3 heterocycles. The maximum atomic E-state index is 12.1. The first kappa shape index (κ1) is 48.3. The Labute approximate surface area is 371 Å². The number of carboxylic acids is 2. The Kier molecular flexibility index (Phi) is 16.8. The fourth-order valence-electron chi connectivity index (χ4n) is 7.20. The van der Waals surface area contributed by atoms with Crippen LogP contribution in [0.25, 0.3) is 32.7 Å². The second kappa shape index (κ2) is 22.6. The lowest BCUT2D eigenvalue weighted by atomic mass is 10.0. The molecule has 0 atom stereocenters.